The fourth-order valence-electron chi connectivity index (χ4n) is 3.19. The summed E-state index contributed by atoms with van der Waals surface area (Å²) in [5, 5.41) is 0. The lowest BCUT2D eigenvalue weighted by Crippen LogP contribution is -2.28. The molecule has 0 bridgehead atoms. The van der Waals surface area contributed by atoms with Crippen molar-refractivity contribution >= 4 is 11.9 Å². The zero-order valence-corrected chi connectivity index (χ0v) is 11.3. The molecule has 1 atom stereocenters. The molecule has 19 heavy (non-hydrogen) atoms. The van der Waals surface area contributed by atoms with Gasteiger partial charge in [-0.3, -0.25) is 4.79 Å². The molecule has 1 aromatic rings. The maximum Gasteiger partial charge on any atom is 0.163 e. The van der Waals surface area contributed by atoms with Crippen LogP contribution in [0.1, 0.15) is 31.2 Å². The van der Waals surface area contributed by atoms with E-state index in [2.05, 4.69) is 23.1 Å². The number of Topliss-reactive ketones (excluding diaryl/α,β-unsaturated/α-hetero) is 1. The van der Waals surface area contributed by atoms with Crippen molar-refractivity contribution in [2.24, 2.45) is 5.92 Å². The molecule has 2 aliphatic rings. The summed E-state index contributed by atoms with van der Waals surface area (Å²) in [6.45, 7) is 3.34. The molecule has 2 fully saturated rings. The van der Waals surface area contributed by atoms with E-state index in [-0.39, 0.29) is 5.92 Å². The largest absolute Gasteiger partial charge is 0.303 e. The van der Waals surface area contributed by atoms with E-state index < -0.39 is 0 Å². The van der Waals surface area contributed by atoms with E-state index in [0.29, 0.717) is 5.78 Å². The van der Waals surface area contributed by atoms with Crippen LogP contribution in [-0.2, 0) is 4.79 Å². The second-order valence-electron chi connectivity index (χ2n) is 5.69. The van der Waals surface area contributed by atoms with Gasteiger partial charge in [-0.25, -0.2) is 0 Å². The van der Waals surface area contributed by atoms with Crippen molar-refractivity contribution in [2.45, 2.75) is 25.7 Å². The normalized spacial score (nSPS) is 26.4. The van der Waals surface area contributed by atoms with Gasteiger partial charge in [0.2, 0.25) is 0 Å². The Morgan fingerprint density at radius 3 is 2.63 bits per heavy atom. The Morgan fingerprint density at radius 1 is 1.16 bits per heavy atom. The molecule has 0 aromatic heterocycles. The average Bonchev–Trinajstić information content (AvgIpc) is 3.05. The first-order valence-electron chi connectivity index (χ1n) is 7.35. The SMILES string of the molecule is O=C1/C(=C/c2ccccc2)CCC1CN1CCCC1. The number of hydrogen-bond acceptors (Lipinski definition) is 2. The minimum absolute atomic E-state index is 0.244. The van der Waals surface area contributed by atoms with Crippen LogP contribution in [0.25, 0.3) is 6.08 Å². The standard InChI is InChI=1S/C17H21NO/c19-17-15(12-14-6-2-1-3-7-14)8-9-16(17)13-18-10-4-5-11-18/h1-3,6-7,12,16H,4-5,8-11,13H2/b15-12+. The van der Waals surface area contributed by atoms with Crippen LogP contribution in [0, 0.1) is 5.92 Å². The Balaban J connectivity index is 1.66. The van der Waals surface area contributed by atoms with Crippen molar-refractivity contribution < 1.29 is 4.79 Å². The van der Waals surface area contributed by atoms with Crippen molar-refractivity contribution in [1.82, 2.24) is 4.90 Å². The van der Waals surface area contributed by atoms with E-state index in [4.69, 9.17) is 0 Å². The quantitative estimate of drug-likeness (QED) is 0.773. The van der Waals surface area contributed by atoms with E-state index >= 15 is 0 Å². The third kappa shape index (κ3) is 2.95. The highest BCUT2D eigenvalue weighted by Gasteiger charge is 2.31. The Hall–Kier alpha value is -1.41. The summed E-state index contributed by atoms with van der Waals surface area (Å²) in [5.74, 6) is 0.629. The van der Waals surface area contributed by atoms with Crippen molar-refractivity contribution in [3.05, 3.63) is 41.5 Å². The topological polar surface area (TPSA) is 20.3 Å². The molecule has 0 spiro atoms. The van der Waals surface area contributed by atoms with E-state index in [1.54, 1.807) is 0 Å². The lowest BCUT2D eigenvalue weighted by atomic mass is 10.0. The molecular formula is C17H21NO. The predicted molar refractivity (Wildman–Crippen MR) is 77.8 cm³/mol. The minimum atomic E-state index is 0.244. The molecule has 1 saturated heterocycles. The fourth-order valence-corrected chi connectivity index (χ4v) is 3.19. The molecule has 0 N–H and O–H groups in total. The van der Waals surface area contributed by atoms with Crippen LogP contribution in [0.5, 0.6) is 0 Å². The van der Waals surface area contributed by atoms with Crippen LogP contribution in [0.4, 0.5) is 0 Å². The summed E-state index contributed by atoms with van der Waals surface area (Å²) in [6.07, 6.45) is 6.66. The van der Waals surface area contributed by atoms with Crippen molar-refractivity contribution in [3.63, 3.8) is 0 Å². The van der Waals surface area contributed by atoms with Gasteiger partial charge >= 0.3 is 0 Å². The molecule has 0 amide bonds. The Morgan fingerprint density at radius 2 is 1.89 bits per heavy atom. The number of carbonyl (C=O) groups is 1. The molecule has 0 radical (unpaired) electrons. The highest BCUT2D eigenvalue weighted by Crippen LogP contribution is 2.29. The van der Waals surface area contributed by atoms with Crippen LogP contribution in [0.15, 0.2) is 35.9 Å². The lowest BCUT2D eigenvalue weighted by molar-refractivity contribution is -0.118. The van der Waals surface area contributed by atoms with Gasteiger partial charge in [0.25, 0.3) is 0 Å². The van der Waals surface area contributed by atoms with Gasteiger partial charge < -0.3 is 4.90 Å². The molecule has 1 aliphatic heterocycles. The second-order valence-corrected chi connectivity index (χ2v) is 5.69. The fraction of sp³-hybridized carbons (Fsp3) is 0.471. The maximum absolute atomic E-state index is 12.4. The first kappa shape index (κ1) is 12.6. The summed E-state index contributed by atoms with van der Waals surface area (Å²) in [7, 11) is 0. The van der Waals surface area contributed by atoms with Gasteiger partial charge in [0.15, 0.2) is 5.78 Å². The molecule has 2 nitrogen and oxygen atoms in total. The number of carbonyl (C=O) groups excluding carboxylic acids is 1. The van der Waals surface area contributed by atoms with E-state index in [1.807, 2.05) is 18.2 Å². The van der Waals surface area contributed by atoms with E-state index in [1.165, 1.54) is 25.9 Å². The van der Waals surface area contributed by atoms with Crippen LogP contribution in [-0.4, -0.2) is 30.3 Å². The molecule has 100 valence electrons. The van der Waals surface area contributed by atoms with Gasteiger partial charge in [0, 0.05) is 12.5 Å². The van der Waals surface area contributed by atoms with Crippen LogP contribution in [0.3, 0.4) is 0 Å². The highest BCUT2D eigenvalue weighted by atomic mass is 16.1. The van der Waals surface area contributed by atoms with E-state index in [0.717, 1.165) is 30.5 Å². The van der Waals surface area contributed by atoms with Gasteiger partial charge in [-0.1, -0.05) is 30.3 Å². The molecule has 1 unspecified atom stereocenters. The van der Waals surface area contributed by atoms with Gasteiger partial charge in [-0.15, -0.1) is 0 Å². The summed E-state index contributed by atoms with van der Waals surface area (Å²) in [4.78, 5) is 14.9. The molecule has 1 saturated carbocycles. The van der Waals surface area contributed by atoms with Crippen molar-refractivity contribution in [3.8, 4) is 0 Å². The predicted octanol–water partition coefficient (Wildman–Crippen LogP) is 3.14. The van der Waals surface area contributed by atoms with Crippen molar-refractivity contribution in [1.29, 1.82) is 0 Å². The zero-order chi connectivity index (χ0) is 13.1. The Labute approximate surface area is 115 Å². The molecule has 1 heterocycles. The number of rotatable bonds is 3. The van der Waals surface area contributed by atoms with Gasteiger partial charge in [-0.2, -0.15) is 0 Å². The van der Waals surface area contributed by atoms with E-state index in [9.17, 15) is 4.79 Å². The summed E-state index contributed by atoms with van der Waals surface area (Å²) >= 11 is 0. The lowest BCUT2D eigenvalue weighted by Gasteiger charge is -2.18. The van der Waals surface area contributed by atoms with Gasteiger partial charge in [0.1, 0.15) is 0 Å². The maximum atomic E-state index is 12.4. The Kier molecular flexibility index (Phi) is 3.79. The van der Waals surface area contributed by atoms with Gasteiger partial charge in [0.05, 0.1) is 0 Å². The number of benzene rings is 1. The Bertz CT molecular complexity index is 471. The van der Waals surface area contributed by atoms with Crippen molar-refractivity contribution in [2.75, 3.05) is 19.6 Å². The third-order valence-electron chi connectivity index (χ3n) is 4.27. The molecule has 1 aliphatic carbocycles. The summed E-state index contributed by atoms with van der Waals surface area (Å²) in [6, 6.07) is 10.2. The smallest absolute Gasteiger partial charge is 0.163 e. The first-order valence-corrected chi connectivity index (χ1v) is 7.35. The average molecular weight is 255 g/mol. The number of ketones is 1. The van der Waals surface area contributed by atoms with Crippen LogP contribution >= 0.6 is 0 Å². The molecule has 2 heteroatoms. The summed E-state index contributed by atoms with van der Waals surface area (Å²) < 4.78 is 0. The van der Waals surface area contributed by atoms with Gasteiger partial charge in [-0.05, 0) is 56.0 Å². The monoisotopic (exact) mass is 255 g/mol. The number of nitrogens with zero attached hydrogens (tertiary/aromatic N) is 1. The minimum Gasteiger partial charge on any atom is -0.303 e. The second kappa shape index (κ2) is 5.70. The zero-order valence-electron chi connectivity index (χ0n) is 11.3. The molecular weight excluding hydrogens is 234 g/mol. The molecule has 3 rings (SSSR count). The highest BCUT2D eigenvalue weighted by molar-refractivity contribution is 6.03. The van der Waals surface area contributed by atoms with Crippen LogP contribution < -0.4 is 0 Å². The number of allylic oxidation sites excluding steroid dienone is 1. The first-order chi connectivity index (χ1) is 9.33. The molecule has 1 aromatic carbocycles. The summed E-state index contributed by atoms with van der Waals surface area (Å²) in [5.41, 5.74) is 2.17. The third-order valence-corrected chi connectivity index (χ3v) is 4.27. The number of hydrogen-bond donors (Lipinski definition) is 0. The number of likely N-dealkylation sites (tertiary alicyclic amines) is 1. The van der Waals surface area contributed by atoms with Crippen LogP contribution in [0.2, 0.25) is 0 Å².